The largest absolute Gasteiger partial charge is 0.481 e. The molecule has 0 saturated heterocycles. The molecule has 0 fully saturated rings. The molecule has 1 aromatic rings. The number of carboxylic acids is 1. The Labute approximate surface area is 109 Å². The Hall–Kier alpha value is -1.29. The van der Waals surface area contributed by atoms with E-state index in [4.69, 9.17) is 5.11 Å². The molecule has 0 amide bonds. The second-order valence-electron chi connectivity index (χ2n) is 5.32. The van der Waals surface area contributed by atoms with Crippen LogP contribution in [0, 0.1) is 5.41 Å². The lowest BCUT2D eigenvalue weighted by Gasteiger charge is -2.20. The van der Waals surface area contributed by atoms with Gasteiger partial charge in [-0.3, -0.25) is 4.79 Å². The van der Waals surface area contributed by atoms with Crippen molar-refractivity contribution in [2.24, 2.45) is 5.41 Å². The molecule has 0 aliphatic rings. The van der Waals surface area contributed by atoms with E-state index in [1.54, 1.807) is 13.8 Å². The Morgan fingerprint density at radius 3 is 2.67 bits per heavy atom. The molecular weight excluding hydrogens is 228 g/mol. The van der Waals surface area contributed by atoms with E-state index in [0.717, 1.165) is 13.0 Å². The highest BCUT2D eigenvalue weighted by atomic mass is 16.4. The van der Waals surface area contributed by atoms with Gasteiger partial charge in [-0.15, -0.1) is 0 Å². The monoisotopic (exact) mass is 252 g/mol. The van der Waals surface area contributed by atoms with Crippen LogP contribution in [0.1, 0.15) is 45.7 Å². The average molecular weight is 252 g/mol. The normalized spacial score (nSPS) is 13.6. The summed E-state index contributed by atoms with van der Waals surface area (Å²) < 4.78 is 1.96. The van der Waals surface area contributed by atoms with Gasteiger partial charge in [-0.1, -0.05) is 13.8 Å². The molecule has 1 rings (SSSR count). The SMILES string of the molecule is CCNC(CC)c1ccn(CC(C)(C)C(=O)O)c1. The topological polar surface area (TPSA) is 54.3 Å². The van der Waals surface area contributed by atoms with Gasteiger partial charge in [0.1, 0.15) is 0 Å². The number of aromatic nitrogens is 1. The smallest absolute Gasteiger partial charge is 0.310 e. The molecule has 0 aromatic carbocycles. The Balaban J connectivity index is 2.77. The summed E-state index contributed by atoms with van der Waals surface area (Å²) in [5, 5.41) is 12.5. The van der Waals surface area contributed by atoms with Gasteiger partial charge in [-0.25, -0.2) is 0 Å². The van der Waals surface area contributed by atoms with Crippen molar-refractivity contribution in [1.29, 1.82) is 0 Å². The van der Waals surface area contributed by atoms with Gasteiger partial charge in [-0.05, 0) is 38.4 Å². The van der Waals surface area contributed by atoms with Gasteiger partial charge in [0.15, 0.2) is 0 Å². The molecule has 4 heteroatoms. The quantitative estimate of drug-likeness (QED) is 0.784. The van der Waals surface area contributed by atoms with E-state index < -0.39 is 11.4 Å². The summed E-state index contributed by atoms with van der Waals surface area (Å²) in [6, 6.07) is 2.42. The van der Waals surface area contributed by atoms with Crippen LogP contribution in [0.25, 0.3) is 0 Å². The Morgan fingerprint density at radius 1 is 1.50 bits per heavy atom. The highest BCUT2D eigenvalue weighted by Gasteiger charge is 2.27. The van der Waals surface area contributed by atoms with Crippen LogP contribution in [0.5, 0.6) is 0 Å². The van der Waals surface area contributed by atoms with E-state index in [1.807, 2.05) is 17.0 Å². The van der Waals surface area contributed by atoms with Crippen LogP contribution >= 0.6 is 0 Å². The first-order valence-corrected chi connectivity index (χ1v) is 6.53. The van der Waals surface area contributed by atoms with E-state index in [2.05, 4.69) is 25.2 Å². The average Bonchev–Trinajstić information content (AvgIpc) is 2.73. The van der Waals surface area contributed by atoms with Crippen molar-refractivity contribution < 1.29 is 9.90 Å². The number of carbonyl (C=O) groups is 1. The van der Waals surface area contributed by atoms with Crippen molar-refractivity contribution in [2.75, 3.05) is 6.54 Å². The zero-order valence-electron chi connectivity index (χ0n) is 11.7. The van der Waals surface area contributed by atoms with Crippen molar-refractivity contribution in [1.82, 2.24) is 9.88 Å². The predicted molar refractivity (Wildman–Crippen MR) is 72.6 cm³/mol. The molecular formula is C14H24N2O2. The number of aliphatic carboxylic acids is 1. The lowest BCUT2D eigenvalue weighted by molar-refractivity contribution is -0.147. The predicted octanol–water partition coefficient (Wildman–Crippen LogP) is 2.66. The van der Waals surface area contributed by atoms with Gasteiger partial charge >= 0.3 is 5.97 Å². The third kappa shape index (κ3) is 3.60. The fraction of sp³-hybridized carbons (Fsp3) is 0.643. The van der Waals surface area contributed by atoms with E-state index in [9.17, 15) is 4.79 Å². The second-order valence-corrected chi connectivity index (χ2v) is 5.32. The third-order valence-corrected chi connectivity index (χ3v) is 3.19. The van der Waals surface area contributed by atoms with E-state index >= 15 is 0 Å². The summed E-state index contributed by atoms with van der Waals surface area (Å²) in [7, 11) is 0. The standard InChI is InChI=1S/C14H24N2O2/c1-5-12(15-6-2)11-7-8-16(9-11)10-14(3,4)13(17)18/h7-9,12,15H,5-6,10H2,1-4H3,(H,17,18). The Kier molecular flexibility index (Phi) is 4.96. The molecule has 1 aromatic heterocycles. The molecule has 102 valence electrons. The van der Waals surface area contributed by atoms with Crippen LogP contribution < -0.4 is 5.32 Å². The van der Waals surface area contributed by atoms with Gasteiger partial charge in [0.25, 0.3) is 0 Å². The van der Waals surface area contributed by atoms with Crippen LogP contribution in [-0.4, -0.2) is 22.2 Å². The molecule has 1 heterocycles. The maximum Gasteiger partial charge on any atom is 0.310 e. The molecule has 1 unspecified atom stereocenters. The summed E-state index contributed by atoms with van der Waals surface area (Å²) in [5.74, 6) is -0.767. The highest BCUT2D eigenvalue weighted by molar-refractivity contribution is 5.73. The Bertz CT molecular complexity index is 396. The number of rotatable bonds is 7. The molecule has 0 aliphatic carbocycles. The molecule has 2 N–H and O–H groups in total. The maximum atomic E-state index is 11.1. The number of hydrogen-bond donors (Lipinski definition) is 2. The first kappa shape index (κ1) is 14.8. The van der Waals surface area contributed by atoms with Gasteiger partial charge in [-0.2, -0.15) is 0 Å². The van der Waals surface area contributed by atoms with Gasteiger partial charge < -0.3 is 15.0 Å². The Morgan fingerprint density at radius 2 is 2.17 bits per heavy atom. The van der Waals surface area contributed by atoms with Crippen molar-refractivity contribution in [3.05, 3.63) is 24.0 Å². The van der Waals surface area contributed by atoms with E-state index in [1.165, 1.54) is 5.56 Å². The fourth-order valence-electron chi connectivity index (χ4n) is 2.03. The van der Waals surface area contributed by atoms with Gasteiger partial charge in [0, 0.05) is 25.0 Å². The van der Waals surface area contributed by atoms with Gasteiger partial charge in [0.2, 0.25) is 0 Å². The summed E-state index contributed by atoms with van der Waals surface area (Å²) in [5.41, 5.74) is 0.483. The fourth-order valence-corrected chi connectivity index (χ4v) is 2.03. The van der Waals surface area contributed by atoms with Crippen molar-refractivity contribution in [2.45, 2.75) is 46.7 Å². The lowest BCUT2D eigenvalue weighted by atomic mass is 9.94. The maximum absolute atomic E-state index is 11.1. The number of nitrogens with one attached hydrogen (secondary N) is 1. The summed E-state index contributed by atoms with van der Waals surface area (Å²) in [6.07, 6.45) is 5.03. The van der Waals surface area contributed by atoms with Gasteiger partial charge in [0.05, 0.1) is 5.41 Å². The first-order valence-electron chi connectivity index (χ1n) is 6.53. The first-order chi connectivity index (χ1) is 8.40. The lowest BCUT2D eigenvalue weighted by Crippen LogP contribution is -2.28. The van der Waals surface area contributed by atoms with Crippen LogP contribution in [0.2, 0.25) is 0 Å². The highest BCUT2D eigenvalue weighted by Crippen LogP contribution is 2.21. The van der Waals surface area contributed by atoms with E-state index in [-0.39, 0.29) is 0 Å². The van der Waals surface area contributed by atoms with Crippen LogP contribution in [0.15, 0.2) is 18.5 Å². The number of hydrogen-bond acceptors (Lipinski definition) is 2. The minimum absolute atomic E-state index is 0.351. The zero-order valence-corrected chi connectivity index (χ0v) is 11.7. The summed E-state index contributed by atoms with van der Waals surface area (Å²) in [4.78, 5) is 11.1. The second kappa shape index (κ2) is 6.05. The van der Waals surface area contributed by atoms with Crippen molar-refractivity contribution in [3.63, 3.8) is 0 Å². The zero-order chi connectivity index (χ0) is 13.8. The molecule has 18 heavy (non-hydrogen) atoms. The number of carboxylic acid groups (broad SMARTS) is 1. The molecule has 1 atom stereocenters. The molecule has 0 aliphatic heterocycles. The third-order valence-electron chi connectivity index (χ3n) is 3.19. The molecule has 0 spiro atoms. The summed E-state index contributed by atoms with van der Waals surface area (Å²) >= 11 is 0. The van der Waals surface area contributed by atoms with Crippen LogP contribution in [0.3, 0.4) is 0 Å². The molecule has 0 saturated carbocycles. The molecule has 0 radical (unpaired) electrons. The van der Waals surface area contributed by atoms with E-state index in [0.29, 0.717) is 12.6 Å². The summed E-state index contributed by atoms with van der Waals surface area (Å²) in [6.45, 7) is 9.15. The van der Waals surface area contributed by atoms with Crippen LogP contribution in [-0.2, 0) is 11.3 Å². The van der Waals surface area contributed by atoms with Crippen molar-refractivity contribution in [3.8, 4) is 0 Å². The molecule has 0 bridgehead atoms. The van der Waals surface area contributed by atoms with Crippen molar-refractivity contribution >= 4 is 5.97 Å². The minimum atomic E-state index is -0.767. The van der Waals surface area contributed by atoms with Crippen LogP contribution in [0.4, 0.5) is 0 Å². The number of nitrogens with zero attached hydrogens (tertiary/aromatic N) is 1. The molecule has 4 nitrogen and oxygen atoms in total. The minimum Gasteiger partial charge on any atom is -0.481 e.